The van der Waals surface area contributed by atoms with Crippen molar-refractivity contribution in [2.75, 3.05) is 31.1 Å². The second-order valence-electron chi connectivity index (χ2n) is 6.24. The molecule has 0 N–H and O–H groups in total. The maximum absolute atomic E-state index is 12.7. The van der Waals surface area contributed by atoms with Crippen molar-refractivity contribution in [1.29, 1.82) is 0 Å². The number of aryl methyl sites for hydroxylation is 2. The van der Waals surface area contributed by atoms with Crippen LogP contribution in [-0.4, -0.2) is 56.7 Å². The average Bonchev–Trinajstić information content (AvgIpc) is 3.12. The van der Waals surface area contributed by atoms with Crippen LogP contribution in [0.1, 0.15) is 22.6 Å². The van der Waals surface area contributed by atoms with Gasteiger partial charge in [0.1, 0.15) is 5.69 Å². The van der Waals surface area contributed by atoms with Crippen LogP contribution in [0.3, 0.4) is 0 Å². The number of amides is 1. The van der Waals surface area contributed by atoms with Gasteiger partial charge in [0.25, 0.3) is 11.9 Å². The normalized spacial score (nSPS) is 15.6. The molecule has 0 radical (unpaired) electrons. The monoisotopic (exact) mass is 340 g/mol. The Hall–Kier alpha value is -2.90. The zero-order valence-electron chi connectivity index (χ0n) is 14.3. The summed E-state index contributed by atoms with van der Waals surface area (Å²) in [7, 11) is 1.78. The number of hydrogen-bond acceptors (Lipinski definition) is 6. The van der Waals surface area contributed by atoms with Crippen LogP contribution in [0, 0.1) is 6.92 Å². The van der Waals surface area contributed by atoms with Gasteiger partial charge in [0.05, 0.1) is 0 Å². The smallest absolute Gasteiger partial charge is 0.300 e. The molecule has 0 bridgehead atoms. The van der Waals surface area contributed by atoms with Crippen molar-refractivity contribution in [3.63, 3.8) is 0 Å². The highest BCUT2D eigenvalue weighted by molar-refractivity contribution is 5.92. The first-order valence-corrected chi connectivity index (χ1v) is 8.38. The minimum Gasteiger partial charge on any atom is -0.422 e. The molecule has 0 atom stereocenters. The van der Waals surface area contributed by atoms with Gasteiger partial charge >= 0.3 is 0 Å². The van der Waals surface area contributed by atoms with Crippen LogP contribution in [0.25, 0.3) is 11.2 Å². The van der Waals surface area contributed by atoms with Gasteiger partial charge in [-0.1, -0.05) is 0 Å². The van der Waals surface area contributed by atoms with E-state index in [1.165, 1.54) is 0 Å². The lowest BCUT2D eigenvalue weighted by molar-refractivity contribution is 0.0756. The molecule has 0 aromatic carbocycles. The van der Waals surface area contributed by atoms with E-state index in [2.05, 4.69) is 20.0 Å². The van der Waals surface area contributed by atoms with Crippen LogP contribution in [0.5, 0.6) is 0 Å². The summed E-state index contributed by atoms with van der Waals surface area (Å²) in [4.78, 5) is 25.5. The minimum absolute atomic E-state index is 0.0108. The van der Waals surface area contributed by atoms with Crippen LogP contribution in [0.4, 0.5) is 6.01 Å². The van der Waals surface area contributed by atoms with Crippen molar-refractivity contribution in [2.45, 2.75) is 13.3 Å². The average molecular weight is 340 g/mol. The van der Waals surface area contributed by atoms with Gasteiger partial charge < -0.3 is 14.2 Å². The molecule has 1 amide bonds. The topological polar surface area (TPSA) is 80.3 Å². The quantitative estimate of drug-likeness (QED) is 0.705. The zero-order valence-corrected chi connectivity index (χ0v) is 14.3. The molecule has 130 valence electrons. The van der Waals surface area contributed by atoms with E-state index >= 15 is 0 Å². The number of carbonyl (C=O) groups is 1. The zero-order chi connectivity index (χ0) is 17.4. The molecule has 25 heavy (non-hydrogen) atoms. The maximum atomic E-state index is 12.7. The molecule has 1 aliphatic rings. The Kier molecular flexibility index (Phi) is 3.87. The van der Waals surface area contributed by atoms with E-state index in [4.69, 9.17) is 4.42 Å². The molecule has 3 aromatic rings. The third-order valence-electron chi connectivity index (χ3n) is 4.48. The molecular weight excluding hydrogens is 320 g/mol. The molecule has 8 nitrogen and oxygen atoms in total. The Morgan fingerprint density at radius 2 is 2.00 bits per heavy atom. The lowest BCUT2D eigenvalue weighted by atomic mass is 10.3. The molecule has 3 aromatic heterocycles. The Labute approximate surface area is 145 Å². The fourth-order valence-electron chi connectivity index (χ4n) is 3.09. The second kappa shape index (κ2) is 6.19. The first-order chi connectivity index (χ1) is 12.1. The molecule has 1 fully saturated rings. The van der Waals surface area contributed by atoms with Crippen molar-refractivity contribution in [2.24, 2.45) is 7.05 Å². The van der Waals surface area contributed by atoms with E-state index in [0.29, 0.717) is 42.6 Å². The summed E-state index contributed by atoms with van der Waals surface area (Å²) in [5.41, 5.74) is 2.83. The largest absolute Gasteiger partial charge is 0.422 e. The SMILES string of the molecule is Cc1ccc2oc(N3CCCN(C(=O)c4ccnn4C)CC3)nc2n1. The highest BCUT2D eigenvalue weighted by Crippen LogP contribution is 2.22. The Balaban J connectivity index is 1.50. The highest BCUT2D eigenvalue weighted by atomic mass is 16.4. The molecule has 4 heterocycles. The number of nitrogens with zero attached hydrogens (tertiary/aromatic N) is 6. The first-order valence-electron chi connectivity index (χ1n) is 8.38. The predicted octanol–water partition coefficient (Wildman–Crippen LogP) is 1.62. The molecule has 8 heteroatoms. The third-order valence-corrected chi connectivity index (χ3v) is 4.48. The summed E-state index contributed by atoms with van der Waals surface area (Å²) in [6, 6.07) is 6.13. The molecule has 1 aliphatic heterocycles. The molecule has 0 spiro atoms. The maximum Gasteiger partial charge on any atom is 0.300 e. The third kappa shape index (κ3) is 2.95. The van der Waals surface area contributed by atoms with Crippen molar-refractivity contribution < 1.29 is 9.21 Å². The second-order valence-corrected chi connectivity index (χ2v) is 6.24. The van der Waals surface area contributed by atoms with Crippen LogP contribution in [0.15, 0.2) is 28.8 Å². The molecule has 1 saturated heterocycles. The molecule has 0 unspecified atom stereocenters. The van der Waals surface area contributed by atoms with Crippen LogP contribution in [0.2, 0.25) is 0 Å². The van der Waals surface area contributed by atoms with Gasteiger partial charge in [0.2, 0.25) is 5.65 Å². The lowest BCUT2D eigenvalue weighted by Crippen LogP contribution is -2.36. The fourth-order valence-corrected chi connectivity index (χ4v) is 3.09. The van der Waals surface area contributed by atoms with E-state index < -0.39 is 0 Å². The number of aromatic nitrogens is 4. The fraction of sp³-hybridized carbons (Fsp3) is 0.412. The number of rotatable bonds is 2. The van der Waals surface area contributed by atoms with Crippen LogP contribution < -0.4 is 4.90 Å². The Morgan fingerprint density at radius 3 is 2.80 bits per heavy atom. The summed E-state index contributed by atoms with van der Waals surface area (Å²) in [5, 5.41) is 4.08. The standard InChI is InChI=1S/C17H20N6O2/c1-12-4-5-14-15(19-12)20-17(25-14)23-9-3-8-22(10-11-23)16(24)13-6-7-18-21(13)2/h4-7H,3,8-11H2,1-2H3. The van der Waals surface area contributed by atoms with Crippen molar-refractivity contribution in [1.82, 2.24) is 24.6 Å². The highest BCUT2D eigenvalue weighted by Gasteiger charge is 2.24. The molecular formula is C17H20N6O2. The van der Waals surface area contributed by atoms with Crippen LogP contribution >= 0.6 is 0 Å². The number of anilines is 1. The van der Waals surface area contributed by atoms with E-state index in [1.54, 1.807) is 24.0 Å². The molecule has 0 saturated carbocycles. The van der Waals surface area contributed by atoms with E-state index in [1.807, 2.05) is 24.0 Å². The van der Waals surface area contributed by atoms with E-state index in [9.17, 15) is 4.79 Å². The minimum atomic E-state index is 0.0108. The van der Waals surface area contributed by atoms with Crippen molar-refractivity contribution in [3.05, 3.63) is 35.8 Å². The molecule has 4 rings (SSSR count). The summed E-state index contributed by atoms with van der Waals surface area (Å²) in [6.07, 6.45) is 2.50. The van der Waals surface area contributed by atoms with Gasteiger partial charge in [0, 0.05) is 45.1 Å². The van der Waals surface area contributed by atoms with Gasteiger partial charge in [-0.05, 0) is 31.5 Å². The van der Waals surface area contributed by atoms with Gasteiger partial charge in [-0.15, -0.1) is 0 Å². The number of pyridine rings is 1. The number of carbonyl (C=O) groups excluding carboxylic acids is 1. The summed E-state index contributed by atoms with van der Waals surface area (Å²) >= 11 is 0. The summed E-state index contributed by atoms with van der Waals surface area (Å²) in [6.45, 7) is 4.73. The first kappa shape index (κ1) is 15.6. The lowest BCUT2D eigenvalue weighted by Gasteiger charge is -2.21. The van der Waals surface area contributed by atoms with Crippen molar-refractivity contribution >= 4 is 23.2 Å². The number of fused-ring (bicyclic) bond motifs is 1. The van der Waals surface area contributed by atoms with E-state index in [0.717, 1.165) is 18.7 Å². The van der Waals surface area contributed by atoms with Gasteiger partial charge in [0.15, 0.2) is 5.58 Å². The van der Waals surface area contributed by atoms with Gasteiger partial charge in [-0.2, -0.15) is 10.1 Å². The van der Waals surface area contributed by atoms with Gasteiger partial charge in [-0.25, -0.2) is 4.98 Å². The summed E-state index contributed by atoms with van der Waals surface area (Å²) in [5.74, 6) is 0.0108. The number of oxazole rings is 1. The Bertz CT molecular complexity index is 915. The van der Waals surface area contributed by atoms with E-state index in [-0.39, 0.29) is 5.91 Å². The van der Waals surface area contributed by atoms with Crippen molar-refractivity contribution in [3.8, 4) is 0 Å². The van der Waals surface area contributed by atoms with Gasteiger partial charge in [-0.3, -0.25) is 9.48 Å². The Morgan fingerprint density at radius 1 is 1.12 bits per heavy atom. The molecule has 0 aliphatic carbocycles. The predicted molar refractivity (Wildman–Crippen MR) is 92.5 cm³/mol. The number of hydrogen-bond donors (Lipinski definition) is 0. The van der Waals surface area contributed by atoms with Crippen LogP contribution in [-0.2, 0) is 7.05 Å². The summed E-state index contributed by atoms with van der Waals surface area (Å²) < 4.78 is 7.45.